The number of allylic oxidation sites excluding steroid dienone is 2. The SMILES string of the molecule is CCn1cc(/C=C2/C[C@H]3[C@@H]4CC=C5C[C@H](O)CC[C@]5(C)[C@H]4CC[C@]3(C)C2=O)c(C)n1. The van der Waals surface area contributed by atoms with Crippen molar-refractivity contribution in [3.8, 4) is 0 Å². The molecule has 0 bridgehead atoms. The molecule has 6 atom stereocenters. The van der Waals surface area contributed by atoms with Crippen molar-refractivity contribution in [2.75, 3.05) is 0 Å². The summed E-state index contributed by atoms with van der Waals surface area (Å²) in [4.78, 5) is 13.6. The van der Waals surface area contributed by atoms with Crippen LogP contribution < -0.4 is 0 Å². The zero-order valence-corrected chi connectivity index (χ0v) is 18.9. The van der Waals surface area contributed by atoms with E-state index in [1.807, 2.05) is 11.6 Å². The molecular weight excluding hydrogens is 372 g/mol. The Morgan fingerprint density at radius 3 is 2.70 bits per heavy atom. The van der Waals surface area contributed by atoms with E-state index in [9.17, 15) is 9.90 Å². The molecule has 30 heavy (non-hydrogen) atoms. The summed E-state index contributed by atoms with van der Waals surface area (Å²) in [5.74, 6) is 2.06. The molecule has 1 N–H and O–H groups in total. The molecule has 162 valence electrons. The molecule has 1 heterocycles. The number of aliphatic hydroxyl groups is 1. The number of nitrogens with zero attached hydrogens (tertiary/aromatic N) is 2. The molecule has 3 fully saturated rings. The number of rotatable bonds is 2. The van der Waals surface area contributed by atoms with Crippen LogP contribution in [-0.4, -0.2) is 26.8 Å². The first kappa shape index (κ1) is 20.2. The number of carbonyl (C=O) groups is 1. The number of aromatic nitrogens is 2. The second-order valence-electron chi connectivity index (χ2n) is 10.8. The van der Waals surface area contributed by atoms with Crippen LogP contribution in [0.1, 0.15) is 77.0 Å². The summed E-state index contributed by atoms with van der Waals surface area (Å²) in [6.07, 6.45) is 13.5. The Bertz CT molecular complexity index is 941. The maximum Gasteiger partial charge on any atom is 0.165 e. The smallest absolute Gasteiger partial charge is 0.165 e. The van der Waals surface area contributed by atoms with Crippen LogP contribution in [0.15, 0.2) is 23.4 Å². The minimum atomic E-state index is -0.211. The van der Waals surface area contributed by atoms with E-state index in [-0.39, 0.29) is 16.9 Å². The third-order valence-electron chi connectivity index (χ3n) is 9.36. The predicted octanol–water partition coefficient (Wildman–Crippen LogP) is 5.10. The predicted molar refractivity (Wildman–Crippen MR) is 119 cm³/mol. The van der Waals surface area contributed by atoms with Gasteiger partial charge in [0.15, 0.2) is 5.78 Å². The molecule has 0 amide bonds. The van der Waals surface area contributed by atoms with Gasteiger partial charge in [-0.1, -0.05) is 25.5 Å². The van der Waals surface area contributed by atoms with Crippen molar-refractivity contribution in [3.63, 3.8) is 0 Å². The van der Waals surface area contributed by atoms with Crippen molar-refractivity contribution in [2.45, 2.75) is 85.3 Å². The second-order valence-corrected chi connectivity index (χ2v) is 10.8. The summed E-state index contributed by atoms with van der Waals surface area (Å²) in [5, 5.41) is 14.8. The number of carbonyl (C=O) groups excluding carboxylic acids is 1. The normalized spacial score (nSPS) is 42.0. The van der Waals surface area contributed by atoms with Gasteiger partial charge in [-0.15, -0.1) is 0 Å². The highest BCUT2D eigenvalue weighted by molar-refractivity contribution is 6.06. The fourth-order valence-electron chi connectivity index (χ4n) is 7.47. The number of fused-ring (bicyclic) bond motifs is 5. The van der Waals surface area contributed by atoms with E-state index in [1.165, 1.54) is 5.57 Å². The lowest BCUT2D eigenvalue weighted by molar-refractivity contribution is -0.130. The molecule has 0 aromatic carbocycles. The Kier molecular flexibility index (Phi) is 4.66. The van der Waals surface area contributed by atoms with Crippen molar-refractivity contribution in [3.05, 3.63) is 34.7 Å². The van der Waals surface area contributed by atoms with E-state index < -0.39 is 0 Å². The minimum absolute atomic E-state index is 0.162. The maximum atomic E-state index is 13.6. The van der Waals surface area contributed by atoms with Crippen LogP contribution in [0.5, 0.6) is 0 Å². The standard InChI is InChI=1S/C26H36N2O2/c1-5-28-15-18(16(2)27-28)12-17-13-23-21-7-6-19-14-20(29)8-10-25(19,3)22(21)9-11-26(23,4)24(17)30/h6,12,15,20-23,29H,5,7-11,13-14H2,1-4H3/b17-12-/t20-,21-,22+,23+,25+,26+/m1/s1. The van der Waals surface area contributed by atoms with Gasteiger partial charge in [0.05, 0.1) is 11.8 Å². The van der Waals surface area contributed by atoms with E-state index >= 15 is 0 Å². The van der Waals surface area contributed by atoms with E-state index in [4.69, 9.17) is 0 Å². The van der Waals surface area contributed by atoms with Crippen molar-refractivity contribution in [2.24, 2.45) is 28.6 Å². The summed E-state index contributed by atoms with van der Waals surface area (Å²) in [7, 11) is 0. The summed E-state index contributed by atoms with van der Waals surface area (Å²) in [5.41, 5.74) is 4.62. The average Bonchev–Trinajstić information content (AvgIpc) is 3.20. The van der Waals surface area contributed by atoms with E-state index in [0.29, 0.717) is 23.5 Å². The lowest BCUT2D eigenvalue weighted by Gasteiger charge is -2.56. The average molecular weight is 409 g/mol. The highest BCUT2D eigenvalue weighted by atomic mass is 16.3. The van der Waals surface area contributed by atoms with Crippen LogP contribution in [0, 0.1) is 35.5 Å². The largest absolute Gasteiger partial charge is 0.393 e. The van der Waals surface area contributed by atoms with Gasteiger partial charge in [0.1, 0.15) is 0 Å². The molecule has 4 aliphatic rings. The first-order valence-electron chi connectivity index (χ1n) is 11.9. The second kappa shape index (κ2) is 6.91. The molecule has 0 aliphatic heterocycles. The highest BCUT2D eigenvalue weighted by Crippen LogP contribution is 2.64. The minimum Gasteiger partial charge on any atom is -0.393 e. The first-order valence-corrected chi connectivity index (χ1v) is 11.9. The van der Waals surface area contributed by atoms with Gasteiger partial charge in [-0.25, -0.2) is 0 Å². The quantitative estimate of drug-likeness (QED) is 0.547. The van der Waals surface area contributed by atoms with Gasteiger partial charge in [0, 0.05) is 23.7 Å². The topological polar surface area (TPSA) is 55.1 Å². The summed E-state index contributed by atoms with van der Waals surface area (Å²) >= 11 is 0. The number of aliphatic hydroxyl groups excluding tert-OH is 1. The summed E-state index contributed by atoms with van der Waals surface area (Å²) in [6.45, 7) is 9.67. The van der Waals surface area contributed by atoms with E-state index in [2.05, 4.69) is 44.2 Å². The highest BCUT2D eigenvalue weighted by Gasteiger charge is 2.59. The summed E-state index contributed by atoms with van der Waals surface area (Å²) in [6, 6.07) is 0. The molecule has 0 saturated heterocycles. The van der Waals surface area contributed by atoms with Gasteiger partial charge in [-0.2, -0.15) is 5.10 Å². The molecule has 3 saturated carbocycles. The Morgan fingerprint density at radius 2 is 1.97 bits per heavy atom. The van der Waals surface area contributed by atoms with Crippen molar-refractivity contribution < 1.29 is 9.90 Å². The number of hydrogen-bond acceptors (Lipinski definition) is 3. The van der Waals surface area contributed by atoms with Gasteiger partial charge >= 0.3 is 0 Å². The fourth-order valence-corrected chi connectivity index (χ4v) is 7.47. The zero-order valence-electron chi connectivity index (χ0n) is 18.9. The number of ketones is 1. The molecule has 4 heteroatoms. The van der Waals surface area contributed by atoms with Crippen LogP contribution in [-0.2, 0) is 11.3 Å². The molecule has 0 radical (unpaired) electrons. The molecule has 0 spiro atoms. The Morgan fingerprint density at radius 1 is 1.20 bits per heavy atom. The van der Waals surface area contributed by atoms with Gasteiger partial charge in [-0.3, -0.25) is 9.48 Å². The zero-order chi connectivity index (χ0) is 21.3. The molecule has 5 rings (SSSR count). The summed E-state index contributed by atoms with van der Waals surface area (Å²) < 4.78 is 1.96. The Labute approximate surface area is 180 Å². The van der Waals surface area contributed by atoms with Crippen LogP contribution in [0.2, 0.25) is 0 Å². The van der Waals surface area contributed by atoms with Crippen LogP contribution in [0.3, 0.4) is 0 Å². The maximum absolute atomic E-state index is 13.6. The third kappa shape index (κ3) is 2.82. The monoisotopic (exact) mass is 408 g/mol. The Balaban J connectivity index is 1.48. The van der Waals surface area contributed by atoms with E-state index in [0.717, 1.165) is 68.3 Å². The molecule has 1 aromatic rings. The van der Waals surface area contributed by atoms with Crippen molar-refractivity contribution in [1.29, 1.82) is 0 Å². The van der Waals surface area contributed by atoms with Crippen LogP contribution >= 0.6 is 0 Å². The van der Waals surface area contributed by atoms with Crippen LogP contribution in [0.4, 0.5) is 0 Å². The lowest BCUT2D eigenvalue weighted by atomic mass is 9.48. The third-order valence-corrected chi connectivity index (χ3v) is 9.36. The number of Topliss-reactive ketones (excluding diaryl/α,β-unsaturated/α-hetero) is 1. The Hall–Kier alpha value is -1.68. The van der Waals surface area contributed by atoms with Crippen molar-refractivity contribution >= 4 is 11.9 Å². The molecule has 4 nitrogen and oxygen atoms in total. The van der Waals surface area contributed by atoms with Gasteiger partial charge in [0.25, 0.3) is 0 Å². The van der Waals surface area contributed by atoms with Gasteiger partial charge in [-0.05, 0) is 93.6 Å². The molecule has 1 aromatic heterocycles. The molecular formula is C26H36N2O2. The van der Waals surface area contributed by atoms with E-state index in [1.54, 1.807) is 0 Å². The molecule has 4 aliphatic carbocycles. The van der Waals surface area contributed by atoms with Crippen LogP contribution in [0.25, 0.3) is 6.08 Å². The van der Waals surface area contributed by atoms with Gasteiger partial charge in [0.2, 0.25) is 0 Å². The van der Waals surface area contributed by atoms with Gasteiger partial charge < -0.3 is 5.11 Å². The molecule has 0 unspecified atom stereocenters. The number of hydrogen-bond donors (Lipinski definition) is 1. The lowest BCUT2D eigenvalue weighted by Crippen LogP contribution is -2.50. The van der Waals surface area contributed by atoms with Crippen molar-refractivity contribution in [1.82, 2.24) is 9.78 Å². The fraction of sp³-hybridized carbons (Fsp3) is 0.692. The first-order chi connectivity index (χ1) is 14.3. The number of aryl methyl sites for hydroxylation is 2.